The Morgan fingerprint density at radius 3 is 2.25 bits per heavy atom. The maximum Gasteiger partial charge on any atom is 0.240 e. The van der Waals surface area contributed by atoms with Gasteiger partial charge in [-0.05, 0) is 56.3 Å². The number of methoxy groups -OCH3 is 1. The van der Waals surface area contributed by atoms with Crippen LogP contribution in [0.3, 0.4) is 0 Å². The van der Waals surface area contributed by atoms with E-state index in [4.69, 9.17) is 4.74 Å². The van der Waals surface area contributed by atoms with Crippen molar-refractivity contribution in [2.75, 3.05) is 19.5 Å². The van der Waals surface area contributed by atoms with E-state index < -0.39 is 10.0 Å². The molecular formula is C18H24N2O3S. The number of hydrogen-bond donors (Lipinski definition) is 2. The van der Waals surface area contributed by atoms with E-state index in [0.29, 0.717) is 0 Å². The molecule has 0 heterocycles. The van der Waals surface area contributed by atoms with Crippen molar-refractivity contribution < 1.29 is 13.2 Å². The molecule has 5 nitrogen and oxygen atoms in total. The van der Waals surface area contributed by atoms with Gasteiger partial charge in [0.2, 0.25) is 10.0 Å². The van der Waals surface area contributed by atoms with Crippen molar-refractivity contribution in [3.05, 3.63) is 59.7 Å². The van der Waals surface area contributed by atoms with Gasteiger partial charge in [0, 0.05) is 18.8 Å². The van der Waals surface area contributed by atoms with Gasteiger partial charge in [-0.1, -0.05) is 24.3 Å². The fourth-order valence-corrected chi connectivity index (χ4v) is 3.13. The lowest BCUT2D eigenvalue weighted by Gasteiger charge is -2.18. The van der Waals surface area contributed by atoms with Crippen molar-refractivity contribution in [1.29, 1.82) is 0 Å². The average Bonchev–Trinajstić information content (AvgIpc) is 2.61. The first kappa shape index (κ1) is 18.4. The predicted octanol–water partition coefficient (Wildman–Crippen LogP) is 3.48. The molecule has 0 aliphatic rings. The molecule has 0 aliphatic carbocycles. The summed E-state index contributed by atoms with van der Waals surface area (Å²) in [4.78, 5) is 0.261. The molecule has 2 N–H and O–H groups in total. The number of hydrogen-bond acceptors (Lipinski definition) is 4. The van der Waals surface area contributed by atoms with Crippen LogP contribution in [0.25, 0.3) is 0 Å². The van der Waals surface area contributed by atoms with E-state index in [-0.39, 0.29) is 17.0 Å². The smallest absolute Gasteiger partial charge is 0.240 e. The Morgan fingerprint density at radius 1 is 1.00 bits per heavy atom. The van der Waals surface area contributed by atoms with Crippen LogP contribution in [0.5, 0.6) is 0 Å². The van der Waals surface area contributed by atoms with Gasteiger partial charge < -0.3 is 10.1 Å². The highest BCUT2D eigenvalue weighted by molar-refractivity contribution is 7.89. The third kappa shape index (κ3) is 4.35. The molecule has 0 saturated heterocycles. The summed E-state index contributed by atoms with van der Waals surface area (Å²) in [6, 6.07) is 15.0. The van der Waals surface area contributed by atoms with Crippen molar-refractivity contribution in [3.8, 4) is 0 Å². The first-order valence-electron chi connectivity index (χ1n) is 7.80. The summed E-state index contributed by atoms with van der Waals surface area (Å²) in [5.74, 6) is 0. The molecule has 0 saturated carbocycles. The molecule has 2 aromatic carbocycles. The van der Waals surface area contributed by atoms with Crippen molar-refractivity contribution >= 4 is 15.7 Å². The van der Waals surface area contributed by atoms with Crippen LogP contribution in [0, 0.1) is 0 Å². The Morgan fingerprint density at radius 2 is 1.67 bits per heavy atom. The van der Waals surface area contributed by atoms with Gasteiger partial charge in [0.25, 0.3) is 0 Å². The van der Waals surface area contributed by atoms with E-state index in [9.17, 15) is 8.42 Å². The summed E-state index contributed by atoms with van der Waals surface area (Å²) >= 11 is 0. The molecule has 0 fully saturated rings. The van der Waals surface area contributed by atoms with E-state index in [0.717, 1.165) is 16.8 Å². The Labute approximate surface area is 144 Å². The van der Waals surface area contributed by atoms with Gasteiger partial charge in [0.15, 0.2) is 0 Å². The maximum atomic E-state index is 11.8. The van der Waals surface area contributed by atoms with Crippen molar-refractivity contribution in [2.24, 2.45) is 0 Å². The van der Waals surface area contributed by atoms with Gasteiger partial charge in [-0.15, -0.1) is 0 Å². The van der Waals surface area contributed by atoms with Crippen LogP contribution < -0.4 is 10.0 Å². The van der Waals surface area contributed by atoms with E-state index in [1.807, 2.05) is 44.2 Å². The van der Waals surface area contributed by atoms with Crippen LogP contribution in [0.4, 0.5) is 5.69 Å². The molecule has 2 aromatic rings. The minimum Gasteiger partial charge on any atom is -0.379 e. The number of ether oxygens (including phenoxy) is 1. The van der Waals surface area contributed by atoms with Gasteiger partial charge in [0.05, 0.1) is 11.0 Å². The predicted molar refractivity (Wildman–Crippen MR) is 96.6 cm³/mol. The molecule has 0 spiro atoms. The average molecular weight is 348 g/mol. The summed E-state index contributed by atoms with van der Waals surface area (Å²) in [5, 5.41) is 3.43. The van der Waals surface area contributed by atoms with E-state index >= 15 is 0 Å². The summed E-state index contributed by atoms with van der Waals surface area (Å²) in [7, 11) is -0.309. The van der Waals surface area contributed by atoms with Gasteiger partial charge in [-0.2, -0.15) is 0 Å². The molecule has 2 rings (SSSR count). The number of nitrogens with one attached hydrogen (secondary N) is 2. The van der Waals surface area contributed by atoms with Crippen LogP contribution >= 0.6 is 0 Å². The molecular weight excluding hydrogens is 324 g/mol. The zero-order valence-corrected chi connectivity index (χ0v) is 15.2. The quantitative estimate of drug-likeness (QED) is 0.804. The lowest BCUT2D eigenvalue weighted by atomic mass is 10.1. The Hall–Kier alpha value is -1.89. The van der Waals surface area contributed by atoms with E-state index in [1.54, 1.807) is 19.2 Å². The lowest BCUT2D eigenvalue weighted by molar-refractivity contribution is 0.119. The molecule has 0 aliphatic heterocycles. The second kappa shape index (κ2) is 7.79. The highest BCUT2D eigenvalue weighted by atomic mass is 32.2. The number of benzene rings is 2. The minimum absolute atomic E-state index is 0.0353. The highest BCUT2D eigenvalue weighted by Crippen LogP contribution is 2.24. The first-order valence-corrected chi connectivity index (χ1v) is 9.28. The fraction of sp³-hybridized carbons (Fsp3) is 0.333. The van der Waals surface area contributed by atoms with Crippen LogP contribution in [-0.4, -0.2) is 22.6 Å². The largest absolute Gasteiger partial charge is 0.379 e. The van der Waals surface area contributed by atoms with Crippen molar-refractivity contribution in [3.63, 3.8) is 0 Å². The van der Waals surface area contributed by atoms with E-state index in [2.05, 4.69) is 16.1 Å². The van der Waals surface area contributed by atoms with Crippen LogP contribution in [0.1, 0.15) is 37.1 Å². The first-order chi connectivity index (χ1) is 11.4. The molecule has 0 aromatic heterocycles. The molecule has 130 valence electrons. The van der Waals surface area contributed by atoms with Gasteiger partial charge in [-0.25, -0.2) is 13.1 Å². The molecule has 0 bridgehead atoms. The zero-order valence-electron chi connectivity index (χ0n) is 14.4. The lowest BCUT2D eigenvalue weighted by Crippen LogP contribution is -2.18. The monoisotopic (exact) mass is 348 g/mol. The highest BCUT2D eigenvalue weighted by Gasteiger charge is 2.12. The molecule has 0 unspecified atom stereocenters. The second-order valence-electron chi connectivity index (χ2n) is 5.65. The molecule has 2 atom stereocenters. The Bertz CT molecular complexity index is 773. The van der Waals surface area contributed by atoms with Gasteiger partial charge in [-0.3, -0.25) is 0 Å². The van der Waals surface area contributed by atoms with Crippen LogP contribution in [0.15, 0.2) is 53.4 Å². The van der Waals surface area contributed by atoms with Gasteiger partial charge >= 0.3 is 0 Å². The van der Waals surface area contributed by atoms with Crippen LogP contribution in [0.2, 0.25) is 0 Å². The Kier molecular flexibility index (Phi) is 5.99. The van der Waals surface area contributed by atoms with E-state index in [1.165, 1.54) is 7.05 Å². The number of sulfonamides is 1. The van der Waals surface area contributed by atoms with Crippen molar-refractivity contribution in [1.82, 2.24) is 4.72 Å². The summed E-state index contributed by atoms with van der Waals surface area (Å²) in [6.45, 7) is 4.04. The second-order valence-corrected chi connectivity index (χ2v) is 7.53. The summed E-state index contributed by atoms with van der Waals surface area (Å²) in [6.07, 6.45) is 0.0353. The zero-order chi connectivity index (χ0) is 17.7. The normalized spacial score (nSPS) is 14.2. The molecule has 6 heteroatoms. The minimum atomic E-state index is -3.40. The molecule has 0 radical (unpaired) electrons. The van der Waals surface area contributed by atoms with Gasteiger partial charge in [0.1, 0.15) is 0 Å². The summed E-state index contributed by atoms with van der Waals surface area (Å²) < 4.78 is 31.2. The number of rotatable bonds is 7. The third-order valence-corrected chi connectivity index (χ3v) is 5.48. The Balaban J connectivity index is 2.14. The molecule has 24 heavy (non-hydrogen) atoms. The van der Waals surface area contributed by atoms with Crippen LogP contribution in [-0.2, 0) is 14.8 Å². The third-order valence-electron chi connectivity index (χ3n) is 4.05. The summed E-state index contributed by atoms with van der Waals surface area (Å²) in [5.41, 5.74) is 3.11. The van der Waals surface area contributed by atoms with Crippen molar-refractivity contribution in [2.45, 2.75) is 30.9 Å². The standard InChI is InChI=1S/C18H24N2O3S/c1-13(15-8-10-18(11-9-15)24(21,22)19-3)20-17-7-5-6-16(12-17)14(2)23-4/h5-14,19-20H,1-4H3/t13-,14+/m1/s1. The number of anilines is 1. The fourth-order valence-electron chi connectivity index (χ4n) is 2.40. The maximum absolute atomic E-state index is 11.8. The topological polar surface area (TPSA) is 67.4 Å². The SMILES string of the molecule is CNS(=O)(=O)c1ccc([C@@H](C)Nc2cccc([C@H](C)OC)c2)cc1. The molecule has 0 amide bonds.